The van der Waals surface area contributed by atoms with Gasteiger partial charge in [-0.1, -0.05) is 42.1 Å². The van der Waals surface area contributed by atoms with Crippen LogP contribution in [0.3, 0.4) is 0 Å². The number of thioether (sulfide) groups is 1. The van der Waals surface area contributed by atoms with Gasteiger partial charge in [-0.05, 0) is 42.7 Å². The van der Waals surface area contributed by atoms with Crippen molar-refractivity contribution < 1.29 is 18.7 Å². The van der Waals surface area contributed by atoms with Gasteiger partial charge in [0.1, 0.15) is 18.5 Å². The fourth-order valence-electron chi connectivity index (χ4n) is 3.89. The summed E-state index contributed by atoms with van der Waals surface area (Å²) >= 11 is 4.42. The lowest BCUT2D eigenvalue weighted by atomic mass is 10.2. The predicted molar refractivity (Wildman–Crippen MR) is 144 cm³/mol. The van der Waals surface area contributed by atoms with Crippen molar-refractivity contribution in [2.75, 3.05) is 11.9 Å². The number of hydrogen-bond donors (Lipinski definition) is 1. The van der Waals surface area contributed by atoms with Crippen LogP contribution >= 0.6 is 34.4 Å². The summed E-state index contributed by atoms with van der Waals surface area (Å²) in [5.74, 6) is 0.0691. The lowest BCUT2D eigenvalue weighted by Crippen LogP contribution is -2.43. The minimum atomic E-state index is -0.579. The largest absolute Gasteiger partial charge is 0.445 e. The Bertz CT molecular complexity index is 1360. The second-order valence-corrected chi connectivity index (χ2v) is 11.3. The molecule has 1 saturated heterocycles. The molecule has 5 rings (SSSR count). The monoisotopic (exact) mass is 554 g/mol. The van der Waals surface area contributed by atoms with Gasteiger partial charge in [0.2, 0.25) is 5.91 Å². The van der Waals surface area contributed by atoms with Gasteiger partial charge in [0.15, 0.2) is 9.47 Å². The molecule has 190 valence electrons. The number of amides is 2. The molecule has 3 heterocycles. The Morgan fingerprint density at radius 2 is 1.89 bits per heavy atom. The first-order valence-electron chi connectivity index (χ1n) is 11.6. The standard InChI is InChI=1S/C26H23FN4O3S3/c27-19-10-8-18(9-11-19)21-16-37-25(29-21)36-15-20-14-35-24(28-20)30-23(32)22-7-4-12-31(22)26(33)34-13-17-5-2-1-3-6-17/h1-3,5-6,8-11,14,16,22H,4,7,12-13,15H2,(H,28,30,32). The van der Waals surface area contributed by atoms with Gasteiger partial charge >= 0.3 is 6.09 Å². The Balaban J connectivity index is 1.12. The first kappa shape index (κ1) is 25.4. The number of benzene rings is 2. The lowest BCUT2D eigenvalue weighted by Gasteiger charge is -2.22. The van der Waals surface area contributed by atoms with Gasteiger partial charge in [-0.3, -0.25) is 9.69 Å². The summed E-state index contributed by atoms with van der Waals surface area (Å²) in [6, 6.07) is 15.1. The lowest BCUT2D eigenvalue weighted by molar-refractivity contribution is -0.120. The Hall–Kier alpha value is -3.28. The molecule has 1 aliphatic heterocycles. The highest BCUT2D eigenvalue weighted by atomic mass is 32.2. The van der Waals surface area contributed by atoms with Crippen LogP contribution in [0.2, 0.25) is 0 Å². The van der Waals surface area contributed by atoms with E-state index in [1.807, 2.05) is 41.1 Å². The first-order chi connectivity index (χ1) is 18.0. The topological polar surface area (TPSA) is 84.4 Å². The number of nitrogens with zero attached hydrogens (tertiary/aromatic N) is 3. The van der Waals surface area contributed by atoms with Gasteiger partial charge in [-0.25, -0.2) is 19.2 Å². The van der Waals surface area contributed by atoms with Crippen LogP contribution in [-0.4, -0.2) is 39.5 Å². The zero-order valence-electron chi connectivity index (χ0n) is 19.6. The van der Waals surface area contributed by atoms with Crippen LogP contribution in [0.4, 0.5) is 14.3 Å². The second-order valence-electron chi connectivity index (χ2n) is 8.32. The number of rotatable bonds is 8. The third-order valence-electron chi connectivity index (χ3n) is 5.74. The maximum absolute atomic E-state index is 13.2. The zero-order valence-corrected chi connectivity index (χ0v) is 22.1. The molecule has 11 heteroatoms. The molecule has 1 N–H and O–H groups in total. The van der Waals surface area contributed by atoms with Crippen LogP contribution in [0.5, 0.6) is 0 Å². The van der Waals surface area contributed by atoms with E-state index in [-0.39, 0.29) is 18.3 Å². The molecule has 2 aromatic carbocycles. The van der Waals surface area contributed by atoms with Gasteiger partial charge in [0.25, 0.3) is 0 Å². The fraction of sp³-hybridized carbons (Fsp3) is 0.231. The summed E-state index contributed by atoms with van der Waals surface area (Å²) in [6.45, 7) is 0.654. The van der Waals surface area contributed by atoms with Crippen molar-refractivity contribution in [3.05, 3.63) is 82.4 Å². The summed E-state index contributed by atoms with van der Waals surface area (Å²) < 4.78 is 19.5. The van der Waals surface area contributed by atoms with Gasteiger partial charge in [-0.2, -0.15) is 0 Å². The highest BCUT2D eigenvalue weighted by Gasteiger charge is 2.35. The molecule has 0 aliphatic carbocycles. The number of likely N-dealkylation sites (tertiary alicyclic amines) is 1. The molecule has 2 amide bonds. The highest BCUT2D eigenvalue weighted by Crippen LogP contribution is 2.31. The van der Waals surface area contributed by atoms with Crippen molar-refractivity contribution >= 4 is 51.6 Å². The van der Waals surface area contributed by atoms with Crippen LogP contribution < -0.4 is 5.32 Å². The number of anilines is 1. The van der Waals surface area contributed by atoms with E-state index in [1.54, 1.807) is 23.9 Å². The number of ether oxygens (including phenoxy) is 1. The number of nitrogens with one attached hydrogen (secondary N) is 1. The molecular weight excluding hydrogens is 532 g/mol. The molecule has 2 aromatic heterocycles. The number of thiazole rings is 2. The van der Waals surface area contributed by atoms with Crippen molar-refractivity contribution in [1.29, 1.82) is 0 Å². The molecule has 1 atom stereocenters. The summed E-state index contributed by atoms with van der Waals surface area (Å²) in [5, 5.41) is 7.20. The molecule has 1 aliphatic rings. The molecule has 0 radical (unpaired) electrons. The normalized spacial score (nSPS) is 15.1. The third kappa shape index (κ3) is 6.54. The number of halogens is 1. The maximum Gasteiger partial charge on any atom is 0.410 e. The molecular formula is C26H23FN4O3S3. The van der Waals surface area contributed by atoms with E-state index in [0.717, 1.165) is 33.3 Å². The average molecular weight is 555 g/mol. The second kappa shape index (κ2) is 11.8. The molecule has 0 saturated carbocycles. The SMILES string of the molecule is O=C(Nc1nc(CSc2nc(-c3ccc(F)cc3)cs2)cs1)C1CCCN1C(=O)OCc1ccccc1. The quantitative estimate of drug-likeness (QED) is 0.253. The van der Waals surface area contributed by atoms with Crippen LogP contribution in [0, 0.1) is 5.82 Å². The fourth-order valence-corrected chi connectivity index (χ4v) is 6.44. The van der Waals surface area contributed by atoms with E-state index in [0.29, 0.717) is 23.8 Å². The summed E-state index contributed by atoms with van der Waals surface area (Å²) in [5.41, 5.74) is 3.40. The minimum Gasteiger partial charge on any atom is -0.445 e. The summed E-state index contributed by atoms with van der Waals surface area (Å²) in [6.07, 6.45) is 0.841. The maximum atomic E-state index is 13.2. The van der Waals surface area contributed by atoms with Crippen molar-refractivity contribution in [1.82, 2.24) is 14.9 Å². The molecule has 1 unspecified atom stereocenters. The Morgan fingerprint density at radius 3 is 2.70 bits per heavy atom. The van der Waals surface area contributed by atoms with Crippen LogP contribution in [0.15, 0.2) is 69.7 Å². The zero-order chi connectivity index (χ0) is 25.6. The van der Waals surface area contributed by atoms with Crippen LogP contribution in [0.25, 0.3) is 11.3 Å². The number of carbonyl (C=O) groups is 2. The van der Waals surface area contributed by atoms with E-state index in [4.69, 9.17) is 4.74 Å². The van der Waals surface area contributed by atoms with E-state index in [9.17, 15) is 14.0 Å². The Kier molecular flexibility index (Phi) is 8.12. The smallest absolute Gasteiger partial charge is 0.410 e. The van der Waals surface area contributed by atoms with Crippen molar-refractivity contribution in [3.63, 3.8) is 0 Å². The van der Waals surface area contributed by atoms with Crippen LogP contribution in [0.1, 0.15) is 24.1 Å². The van der Waals surface area contributed by atoms with Crippen molar-refractivity contribution in [2.45, 2.75) is 35.6 Å². The molecule has 7 nitrogen and oxygen atoms in total. The van der Waals surface area contributed by atoms with E-state index in [2.05, 4.69) is 15.3 Å². The molecule has 0 bridgehead atoms. The summed E-state index contributed by atoms with van der Waals surface area (Å²) in [4.78, 5) is 36.1. The number of aromatic nitrogens is 2. The first-order valence-corrected chi connectivity index (χ1v) is 14.4. The number of carbonyl (C=O) groups excluding carboxylic acids is 2. The molecule has 4 aromatic rings. The van der Waals surface area contributed by atoms with Gasteiger partial charge in [0, 0.05) is 28.6 Å². The molecule has 1 fully saturated rings. The Labute approximate surface area is 225 Å². The van der Waals surface area contributed by atoms with E-state index >= 15 is 0 Å². The predicted octanol–water partition coefficient (Wildman–Crippen LogP) is 6.44. The van der Waals surface area contributed by atoms with Crippen LogP contribution in [-0.2, 0) is 21.9 Å². The highest BCUT2D eigenvalue weighted by molar-refractivity contribution is 8.00. The summed E-state index contributed by atoms with van der Waals surface area (Å²) in [7, 11) is 0. The Morgan fingerprint density at radius 1 is 1.08 bits per heavy atom. The molecule has 0 spiro atoms. The van der Waals surface area contributed by atoms with E-state index < -0.39 is 12.1 Å². The van der Waals surface area contributed by atoms with Crippen molar-refractivity contribution in [3.8, 4) is 11.3 Å². The minimum absolute atomic E-state index is 0.169. The van der Waals surface area contributed by atoms with Gasteiger partial charge < -0.3 is 10.1 Å². The molecule has 37 heavy (non-hydrogen) atoms. The van der Waals surface area contributed by atoms with E-state index in [1.165, 1.54) is 39.7 Å². The number of hydrogen-bond acceptors (Lipinski definition) is 8. The van der Waals surface area contributed by atoms with Gasteiger partial charge in [0.05, 0.1) is 11.4 Å². The third-order valence-corrected chi connectivity index (χ3v) is 8.60. The van der Waals surface area contributed by atoms with Gasteiger partial charge in [-0.15, -0.1) is 22.7 Å². The van der Waals surface area contributed by atoms with Crippen molar-refractivity contribution in [2.24, 2.45) is 0 Å². The average Bonchev–Trinajstić information content (AvgIpc) is 3.68.